The molecule has 0 bridgehead atoms. The van der Waals surface area contributed by atoms with Gasteiger partial charge in [0.25, 0.3) is 5.91 Å². The number of sulfonamides is 1. The van der Waals surface area contributed by atoms with E-state index in [-0.39, 0.29) is 29.2 Å². The Hall–Kier alpha value is -3.21. The molecule has 202 valence electrons. The van der Waals surface area contributed by atoms with Crippen LogP contribution >= 0.6 is 11.3 Å². The normalized spacial score (nSPS) is 12.1. The third kappa shape index (κ3) is 6.25. The van der Waals surface area contributed by atoms with Gasteiger partial charge in [0.2, 0.25) is 10.0 Å². The molecule has 10 heteroatoms. The number of carbonyl (C=O) groups excluding carboxylic acids is 1. The lowest BCUT2D eigenvalue weighted by atomic mass is 10.2. The zero-order valence-electron chi connectivity index (χ0n) is 22.2. The molecule has 4 aromatic rings. The molecule has 0 unspecified atom stereocenters. The topological polar surface area (TPSA) is 93.0 Å². The number of nitrogens with zero attached hydrogens (tertiary/aromatic N) is 3. The van der Waals surface area contributed by atoms with E-state index in [0.717, 1.165) is 10.2 Å². The second-order valence-corrected chi connectivity index (χ2v) is 12.9. The van der Waals surface area contributed by atoms with E-state index in [1.54, 1.807) is 42.5 Å². The van der Waals surface area contributed by atoms with Crippen molar-refractivity contribution in [2.45, 2.75) is 39.1 Å². The van der Waals surface area contributed by atoms with Gasteiger partial charge in [0.15, 0.2) is 5.13 Å². The zero-order chi connectivity index (χ0) is 27.4. The molecule has 0 N–H and O–H groups in total. The average molecular weight is 556 g/mol. The molecule has 0 aliphatic carbocycles. The van der Waals surface area contributed by atoms with E-state index in [1.165, 1.54) is 27.8 Å². The second-order valence-electron chi connectivity index (χ2n) is 9.93. The van der Waals surface area contributed by atoms with Gasteiger partial charge in [0.05, 0.1) is 35.0 Å². The van der Waals surface area contributed by atoms with Gasteiger partial charge in [0, 0.05) is 18.7 Å². The summed E-state index contributed by atoms with van der Waals surface area (Å²) in [6.45, 7) is 9.03. The number of aromatic nitrogens is 1. The van der Waals surface area contributed by atoms with E-state index < -0.39 is 10.0 Å². The van der Waals surface area contributed by atoms with E-state index in [9.17, 15) is 13.2 Å². The minimum atomic E-state index is -3.70. The first-order chi connectivity index (χ1) is 18.1. The van der Waals surface area contributed by atoms with Crippen molar-refractivity contribution in [1.29, 1.82) is 0 Å². The molecule has 0 spiro atoms. The number of thiazole rings is 1. The minimum absolute atomic E-state index is 0.167. The SMILES string of the molecule is COc1ccc2nc(N(Cc3ccco3)C(=O)c3ccc(S(=O)(=O)N(CC(C)C)CC(C)C)cc3)sc2c1. The highest BCUT2D eigenvalue weighted by Crippen LogP contribution is 2.33. The summed E-state index contributed by atoms with van der Waals surface area (Å²) in [5.74, 6) is 1.38. The largest absolute Gasteiger partial charge is 0.497 e. The van der Waals surface area contributed by atoms with E-state index in [2.05, 4.69) is 4.98 Å². The molecule has 2 heterocycles. The quantitative estimate of drug-likeness (QED) is 0.224. The Morgan fingerprint density at radius 1 is 1.03 bits per heavy atom. The molecule has 0 aliphatic heterocycles. The third-order valence-electron chi connectivity index (χ3n) is 5.83. The van der Waals surface area contributed by atoms with Gasteiger partial charge in [0.1, 0.15) is 11.5 Å². The van der Waals surface area contributed by atoms with Crippen molar-refractivity contribution in [3.05, 3.63) is 72.2 Å². The van der Waals surface area contributed by atoms with Crippen LogP contribution in [0.2, 0.25) is 0 Å². The number of anilines is 1. The maximum absolute atomic E-state index is 13.7. The summed E-state index contributed by atoms with van der Waals surface area (Å²) in [4.78, 5) is 20.1. The fraction of sp³-hybridized carbons (Fsp3) is 0.357. The number of hydrogen-bond donors (Lipinski definition) is 0. The van der Waals surface area contributed by atoms with Crippen LogP contribution in [-0.2, 0) is 16.6 Å². The van der Waals surface area contributed by atoms with Gasteiger partial charge in [-0.05, 0) is 66.4 Å². The molecule has 2 aromatic carbocycles. The van der Waals surface area contributed by atoms with Gasteiger partial charge in [-0.2, -0.15) is 4.31 Å². The fourth-order valence-corrected chi connectivity index (χ4v) is 6.84. The molecule has 0 fully saturated rings. The maximum Gasteiger partial charge on any atom is 0.260 e. The Kier molecular flexibility index (Phi) is 8.54. The highest BCUT2D eigenvalue weighted by atomic mass is 32.2. The van der Waals surface area contributed by atoms with Crippen LogP contribution in [0.3, 0.4) is 0 Å². The summed E-state index contributed by atoms with van der Waals surface area (Å²) < 4.78 is 40.0. The van der Waals surface area contributed by atoms with Crippen LogP contribution in [0.15, 0.2) is 70.2 Å². The molecule has 0 aliphatic rings. The van der Waals surface area contributed by atoms with Gasteiger partial charge < -0.3 is 9.15 Å². The van der Waals surface area contributed by atoms with Gasteiger partial charge in [-0.15, -0.1) is 0 Å². The van der Waals surface area contributed by atoms with Crippen LogP contribution in [0.4, 0.5) is 5.13 Å². The third-order valence-corrected chi connectivity index (χ3v) is 8.72. The van der Waals surface area contributed by atoms with Crippen molar-refractivity contribution in [3.8, 4) is 5.75 Å². The Morgan fingerprint density at radius 2 is 1.71 bits per heavy atom. The lowest BCUT2D eigenvalue weighted by Crippen LogP contribution is -2.37. The van der Waals surface area contributed by atoms with E-state index in [4.69, 9.17) is 9.15 Å². The number of carbonyl (C=O) groups is 1. The molecule has 1 amide bonds. The highest BCUT2D eigenvalue weighted by molar-refractivity contribution is 7.89. The van der Waals surface area contributed by atoms with Crippen LogP contribution in [0, 0.1) is 11.8 Å². The summed E-state index contributed by atoms with van der Waals surface area (Å²) in [7, 11) is -2.10. The monoisotopic (exact) mass is 555 g/mol. The summed E-state index contributed by atoms with van der Waals surface area (Å²) in [5, 5.41) is 0.506. The molecule has 0 saturated carbocycles. The lowest BCUT2D eigenvalue weighted by Gasteiger charge is -2.25. The van der Waals surface area contributed by atoms with Crippen molar-refractivity contribution in [1.82, 2.24) is 9.29 Å². The maximum atomic E-state index is 13.7. The molecular weight excluding hydrogens is 522 g/mol. The second kappa shape index (κ2) is 11.7. The molecule has 0 saturated heterocycles. The predicted octanol–water partition coefficient (Wildman–Crippen LogP) is 6.05. The fourth-order valence-electron chi connectivity index (χ4n) is 4.08. The van der Waals surface area contributed by atoms with Crippen molar-refractivity contribution >= 4 is 42.6 Å². The number of amides is 1. The van der Waals surface area contributed by atoms with Gasteiger partial charge >= 0.3 is 0 Å². The molecule has 4 rings (SSSR count). The predicted molar refractivity (Wildman–Crippen MR) is 150 cm³/mol. The number of furan rings is 1. The number of methoxy groups -OCH3 is 1. The van der Waals surface area contributed by atoms with Crippen molar-refractivity contribution < 1.29 is 22.4 Å². The van der Waals surface area contributed by atoms with Gasteiger partial charge in [-0.1, -0.05) is 39.0 Å². The molecule has 0 radical (unpaired) electrons. The summed E-state index contributed by atoms with van der Waals surface area (Å²) >= 11 is 1.37. The van der Waals surface area contributed by atoms with Crippen molar-refractivity contribution in [3.63, 3.8) is 0 Å². The molecule has 2 aromatic heterocycles. The summed E-state index contributed by atoms with van der Waals surface area (Å²) in [5.41, 5.74) is 1.10. The van der Waals surface area contributed by atoms with Crippen LogP contribution < -0.4 is 9.64 Å². The van der Waals surface area contributed by atoms with Crippen LogP contribution in [0.1, 0.15) is 43.8 Å². The first-order valence-electron chi connectivity index (χ1n) is 12.5. The Morgan fingerprint density at radius 3 is 2.29 bits per heavy atom. The Bertz CT molecular complexity index is 1470. The first-order valence-corrected chi connectivity index (χ1v) is 14.7. The smallest absolute Gasteiger partial charge is 0.260 e. The molecule has 0 atom stereocenters. The van der Waals surface area contributed by atoms with Crippen molar-refractivity contribution in [2.24, 2.45) is 11.8 Å². The van der Waals surface area contributed by atoms with Gasteiger partial charge in [-0.25, -0.2) is 13.4 Å². The number of rotatable bonds is 11. The van der Waals surface area contributed by atoms with Crippen molar-refractivity contribution in [2.75, 3.05) is 25.1 Å². The number of benzene rings is 2. The zero-order valence-corrected chi connectivity index (χ0v) is 23.9. The van der Waals surface area contributed by atoms with Gasteiger partial charge in [-0.3, -0.25) is 9.69 Å². The molecular formula is C28H33N3O5S2. The Labute approximate surface area is 227 Å². The lowest BCUT2D eigenvalue weighted by molar-refractivity contribution is 0.0983. The Balaban J connectivity index is 1.66. The van der Waals surface area contributed by atoms with Crippen LogP contribution in [0.25, 0.3) is 10.2 Å². The number of hydrogen-bond acceptors (Lipinski definition) is 7. The highest BCUT2D eigenvalue weighted by Gasteiger charge is 2.27. The van der Waals surface area contributed by atoms with E-state index >= 15 is 0 Å². The van der Waals surface area contributed by atoms with Crippen LogP contribution in [-0.4, -0.2) is 43.8 Å². The van der Waals surface area contributed by atoms with E-state index in [0.29, 0.717) is 35.3 Å². The number of fused-ring (bicyclic) bond motifs is 1. The minimum Gasteiger partial charge on any atom is -0.497 e. The summed E-state index contributed by atoms with van der Waals surface area (Å²) in [6.07, 6.45) is 1.56. The first kappa shape index (κ1) is 27.8. The number of ether oxygens (including phenoxy) is 1. The molecule has 38 heavy (non-hydrogen) atoms. The standard InChI is InChI=1S/C28H33N3O5S2/c1-19(2)16-30(17-20(3)4)38(33,34)24-11-8-21(9-12-24)27(32)31(18-23-7-6-14-36-23)28-29-25-13-10-22(35-5)15-26(25)37-28/h6-15,19-20H,16-18H2,1-5H3. The summed E-state index contributed by atoms with van der Waals surface area (Å²) in [6, 6.07) is 15.2. The van der Waals surface area contributed by atoms with E-state index in [1.807, 2.05) is 45.9 Å². The molecule has 8 nitrogen and oxygen atoms in total. The average Bonchev–Trinajstić information content (AvgIpc) is 3.55. The van der Waals surface area contributed by atoms with Crippen LogP contribution in [0.5, 0.6) is 5.75 Å².